The summed E-state index contributed by atoms with van der Waals surface area (Å²) in [5.74, 6) is 0.0326. The molecule has 2 aromatic carbocycles. The summed E-state index contributed by atoms with van der Waals surface area (Å²) in [5.41, 5.74) is 2.87. The zero-order valence-corrected chi connectivity index (χ0v) is 13.1. The number of benzene rings is 2. The maximum absolute atomic E-state index is 12.2. The van der Waals surface area contributed by atoms with Crippen LogP contribution in [0.15, 0.2) is 54.6 Å². The van der Waals surface area contributed by atoms with Crippen molar-refractivity contribution >= 4 is 5.91 Å². The first-order valence-corrected chi connectivity index (χ1v) is 7.64. The number of hydrogen-bond acceptors (Lipinski definition) is 2. The summed E-state index contributed by atoms with van der Waals surface area (Å²) in [6, 6.07) is 17.5. The molecule has 3 nitrogen and oxygen atoms in total. The van der Waals surface area contributed by atoms with Gasteiger partial charge in [0.05, 0.1) is 6.10 Å². The first kappa shape index (κ1) is 16.2. The highest BCUT2D eigenvalue weighted by molar-refractivity contribution is 5.94. The van der Waals surface area contributed by atoms with Crippen molar-refractivity contribution in [1.29, 1.82) is 0 Å². The molecule has 116 valence electrons. The van der Waals surface area contributed by atoms with E-state index in [-0.39, 0.29) is 11.8 Å². The molecule has 0 aliphatic carbocycles. The number of carbonyl (C=O) groups is 1. The van der Waals surface area contributed by atoms with E-state index in [9.17, 15) is 9.90 Å². The second-order valence-corrected chi connectivity index (χ2v) is 5.77. The van der Waals surface area contributed by atoms with Crippen LogP contribution >= 0.6 is 0 Å². The molecule has 0 aromatic heterocycles. The molecule has 2 atom stereocenters. The van der Waals surface area contributed by atoms with Crippen LogP contribution in [0, 0.1) is 6.92 Å². The Kier molecular flexibility index (Phi) is 5.73. The number of aliphatic hydroxyl groups is 1. The molecular weight excluding hydrogens is 274 g/mol. The molecule has 0 saturated carbocycles. The van der Waals surface area contributed by atoms with Gasteiger partial charge in [0.25, 0.3) is 5.91 Å². The smallest absolute Gasteiger partial charge is 0.251 e. The molecule has 0 aliphatic rings. The van der Waals surface area contributed by atoms with Crippen molar-refractivity contribution in [2.24, 2.45) is 0 Å². The van der Waals surface area contributed by atoms with E-state index in [4.69, 9.17) is 0 Å². The van der Waals surface area contributed by atoms with E-state index in [1.54, 1.807) is 6.92 Å². The lowest BCUT2D eigenvalue weighted by molar-refractivity contribution is 0.0945. The van der Waals surface area contributed by atoms with Gasteiger partial charge in [0.15, 0.2) is 0 Å². The van der Waals surface area contributed by atoms with Gasteiger partial charge in [-0.05, 0) is 38.0 Å². The monoisotopic (exact) mass is 297 g/mol. The van der Waals surface area contributed by atoms with Gasteiger partial charge in [-0.3, -0.25) is 4.79 Å². The third kappa shape index (κ3) is 4.71. The van der Waals surface area contributed by atoms with Gasteiger partial charge >= 0.3 is 0 Å². The molecule has 0 radical (unpaired) electrons. The number of rotatable bonds is 6. The molecule has 3 heteroatoms. The summed E-state index contributed by atoms with van der Waals surface area (Å²) in [5, 5.41) is 12.7. The van der Waals surface area contributed by atoms with E-state index < -0.39 is 6.10 Å². The minimum Gasteiger partial charge on any atom is -0.393 e. The Morgan fingerprint density at radius 1 is 1.14 bits per heavy atom. The van der Waals surface area contributed by atoms with Crippen molar-refractivity contribution in [2.45, 2.75) is 32.3 Å². The highest BCUT2D eigenvalue weighted by atomic mass is 16.3. The first-order chi connectivity index (χ1) is 10.6. The fraction of sp³-hybridized carbons (Fsp3) is 0.316. The summed E-state index contributed by atoms with van der Waals surface area (Å²) in [6.45, 7) is 4.26. The number of nitrogens with one attached hydrogen (secondary N) is 1. The summed E-state index contributed by atoms with van der Waals surface area (Å²) in [6.07, 6.45) is 0.221. The number of aliphatic hydroxyl groups excluding tert-OH is 1. The van der Waals surface area contributed by atoms with Gasteiger partial charge in [0, 0.05) is 18.0 Å². The molecule has 0 spiro atoms. The molecule has 2 unspecified atom stereocenters. The van der Waals surface area contributed by atoms with Crippen LogP contribution in [0.2, 0.25) is 0 Å². The SMILES string of the molecule is Cc1cccc(C(=O)NCC(CC(C)O)c2ccccc2)c1. The normalized spacial score (nSPS) is 13.4. The number of amides is 1. The molecule has 0 fully saturated rings. The van der Waals surface area contributed by atoms with Crippen LogP contribution in [-0.2, 0) is 0 Å². The Morgan fingerprint density at radius 2 is 1.86 bits per heavy atom. The van der Waals surface area contributed by atoms with Crippen molar-refractivity contribution in [2.75, 3.05) is 6.54 Å². The summed E-state index contributed by atoms with van der Waals surface area (Å²) in [7, 11) is 0. The van der Waals surface area contributed by atoms with Crippen LogP contribution in [0.5, 0.6) is 0 Å². The molecule has 22 heavy (non-hydrogen) atoms. The van der Waals surface area contributed by atoms with Crippen molar-refractivity contribution < 1.29 is 9.90 Å². The highest BCUT2D eigenvalue weighted by Crippen LogP contribution is 2.20. The minimum atomic E-state index is -0.402. The third-order valence-electron chi connectivity index (χ3n) is 3.69. The quantitative estimate of drug-likeness (QED) is 0.859. The minimum absolute atomic E-state index is 0.0739. The summed E-state index contributed by atoms with van der Waals surface area (Å²) < 4.78 is 0. The van der Waals surface area contributed by atoms with Gasteiger partial charge in [0.2, 0.25) is 0 Å². The van der Waals surface area contributed by atoms with Gasteiger partial charge in [-0.1, -0.05) is 48.0 Å². The van der Waals surface area contributed by atoms with Gasteiger partial charge in [0.1, 0.15) is 0 Å². The maximum Gasteiger partial charge on any atom is 0.251 e. The largest absolute Gasteiger partial charge is 0.393 e. The van der Waals surface area contributed by atoms with E-state index in [2.05, 4.69) is 5.32 Å². The summed E-state index contributed by atoms with van der Waals surface area (Å²) >= 11 is 0. The molecule has 1 amide bonds. The topological polar surface area (TPSA) is 49.3 Å². The standard InChI is InChI=1S/C19H23NO2/c1-14-7-6-10-17(11-14)19(22)20-13-18(12-15(2)21)16-8-4-3-5-9-16/h3-11,15,18,21H,12-13H2,1-2H3,(H,20,22). The van der Waals surface area contributed by atoms with Crippen molar-refractivity contribution in [3.8, 4) is 0 Å². The predicted octanol–water partition coefficient (Wildman–Crippen LogP) is 3.28. The van der Waals surface area contributed by atoms with Gasteiger partial charge in [-0.2, -0.15) is 0 Å². The van der Waals surface area contributed by atoms with Crippen molar-refractivity contribution in [3.63, 3.8) is 0 Å². The molecule has 0 bridgehead atoms. The van der Waals surface area contributed by atoms with E-state index in [1.807, 2.05) is 61.5 Å². The fourth-order valence-electron chi connectivity index (χ4n) is 2.58. The predicted molar refractivity (Wildman–Crippen MR) is 89.0 cm³/mol. The van der Waals surface area contributed by atoms with Crippen LogP contribution in [-0.4, -0.2) is 23.7 Å². The number of aryl methyl sites for hydroxylation is 1. The maximum atomic E-state index is 12.2. The number of carbonyl (C=O) groups excluding carboxylic acids is 1. The van der Waals surface area contributed by atoms with Crippen molar-refractivity contribution in [3.05, 3.63) is 71.3 Å². The van der Waals surface area contributed by atoms with E-state index in [1.165, 1.54) is 0 Å². The Labute approximate surface area is 132 Å². The Bertz CT molecular complexity index is 608. The molecule has 0 saturated heterocycles. The molecule has 0 aliphatic heterocycles. The van der Waals surface area contributed by atoms with E-state index in [0.29, 0.717) is 18.5 Å². The van der Waals surface area contributed by atoms with Crippen LogP contribution < -0.4 is 5.32 Å². The highest BCUT2D eigenvalue weighted by Gasteiger charge is 2.16. The van der Waals surface area contributed by atoms with Crippen LogP contribution in [0.3, 0.4) is 0 Å². The molecule has 2 rings (SSSR count). The lowest BCUT2D eigenvalue weighted by Crippen LogP contribution is -2.29. The number of hydrogen-bond donors (Lipinski definition) is 2. The second-order valence-electron chi connectivity index (χ2n) is 5.77. The molecule has 2 N–H and O–H groups in total. The average molecular weight is 297 g/mol. The lowest BCUT2D eigenvalue weighted by Gasteiger charge is -2.19. The zero-order valence-electron chi connectivity index (χ0n) is 13.1. The molecule has 0 heterocycles. The zero-order chi connectivity index (χ0) is 15.9. The van der Waals surface area contributed by atoms with Crippen LogP contribution in [0.4, 0.5) is 0 Å². The second kappa shape index (κ2) is 7.76. The Hall–Kier alpha value is -2.13. The Morgan fingerprint density at radius 3 is 2.50 bits per heavy atom. The average Bonchev–Trinajstić information content (AvgIpc) is 2.51. The lowest BCUT2D eigenvalue weighted by atomic mass is 9.93. The van der Waals surface area contributed by atoms with E-state index >= 15 is 0 Å². The fourth-order valence-corrected chi connectivity index (χ4v) is 2.58. The van der Waals surface area contributed by atoms with Crippen LogP contribution in [0.25, 0.3) is 0 Å². The molecular formula is C19H23NO2. The van der Waals surface area contributed by atoms with Gasteiger partial charge in [-0.15, -0.1) is 0 Å². The van der Waals surface area contributed by atoms with Crippen LogP contribution in [0.1, 0.15) is 40.7 Å². The molecule has 2 aromatic rings. The van der Waals surface area contributed by atoms with E-state index in [0.717, 1.165) is 11.1 Å². The third-order valence-corrected chi connectivity index (χ3v) is 3.69. The summed E-state index contributed by atoms with van der Waals surface area (Å²) in [4.78, 5) is 12.2. The van der Waals surface area contributed by atoms with Gasteiger partial charge < -0.3 is 10.4 Å². The van der Waals surface area contributed by atoms with Gasteiger partial charge in [-0.25, -0.2) is 0 Å². The van der Waals surface area contributed by atoms with Crippen molar-refractivity contribution in [1.82, 2.24) is 5.32 Å². The Balaban J connectivity index is 2.03. The first-order valence-electron chi connectivity index (χ1n) is 7.64.